The van der Waals surface area contributed by atoms with Gasteiger partial charge in [-0.05, 0) is 55.7 Å². The Labute approximate surface area is 119 Å². The Kier molecular flexibility index (Phi) is 5.07. The van der Waals surface area contributed by atoms with E-state index in [1.54, 1.807) is 24.5 Å². The van der Waals surface area contributed by atoms with Crippen LogP contribution in [0.3, 0.4) is 0 Å². The van der Waals surface area contributed by atoms with Gasteiger partial charge in [0, 0.05) is 23.6 Å². The predicted octanol–water partition coefficient (Wildman–Crippen LogP) is 3.68. The van der Waals surface area contributed by atoms with Crippen LogP contribution >= 0.6 is 12.4 Å². The number of rotatable bonds is 2. The summed E-state index contributed by atoms with van der Waals surface area (Å²) in [5.41, 5.74) is 4.95. The van der Waals surface area contributed by atoms with Gasteiger partial charge in [-0.25, -0.2) is 0 Å². The van der Waals surface area contributed by atoms with Crippen molar-refractivity contribution in [1.82, 2.24) is 4.98 Å². The highest BCUT2D eigenvalue weighted by Gasteiger charge is 2.08. The fourth-order valence-corrected chi connectivity index (χ4v) is 1.79. The lowest BCUT2D eigenvalue weighted by molar-refractivity contribution is 0.102. The third kappa shape index (κ3) is 3.55. The van der Waals surface area contributed by atoms with Crippen LogP contribution in [-0.4, -0.2) is 10.9 Å². The van der Waals surface area contributed by atoms with E-state index >= 15 is 0 Å². The van der Waals surface area contributed by atoms with E-state index in [1.807, 2.05) is 19.9 Å². The second-order valence-corrected chi connectivity index (χ2v) is 4.44. The van der Waals surface area contributed by atoms with E-state index in [0.717, 1.165) is 11.3 Å². The van der Waals surface area contributed by atoms with Crippen LogP contribution in [0, 0.1) is 20.8 Å². The van der Waals surface area contributed by atoms with Gasteiger partial charge in [0.05, 0.1) is 0 Å². The summed E-state index contributed by atoms with van der Waals surface area (Å²) in [4.78, 5) is 15.9. The molecule has 0 aliphatic rings. The van der Waals surface area contributed by atoms with Crippen molar-refractivity contribution in [3.05, 3.63) is 58.9 Å². The molecule has 1 N–H and O–H groups in total. The zero-order valence-electron chi connectivity index (χ0n) is 11.2. The molecule has 0 saturated heterocycles. The number of halogens is 1. The molecule has 4 heteroatoms. The summed E-state index contributed by atoms with van der Waals surface area (Å²) < 4.78 is 0. The van der Waals surface area contributed by atoms with Crippen molar-refractivity contribution in [3.63, 3.8) is 0 Å². The normalized spacial score (nSPS) is 9.63. The highest BCUT2D eigenvalue weighted by molar-refractivity contribution is 6.04. The monoisotopic (exact) mass is 276 g/mol. The van der Waals surface area contributed by atoms with Crippen molar-refractivity contribution in [1.29, 1.82) is 0 Å². The maximum absolute atomic E-state index is 12.0. The van der Waals surface area contributed by atoms with Gasteiger partial charge in [0.1, 0.15) is 0 Å². The molecule has 2 rings (SSSR count). The summed E-state index contributed by atoms with van der Waals surface area (Å²) in [6.45, 7) is 6.10. The maximum Gasteiger partial charge on any atom is 0.255 e. The first-order chi connectivity index (χ1) is 8.58. The van der Waals surface area contributed by atoms with Crippen LogP contribution < -0.4 is 5.32 Å². The van der Waals surface area contributed by atoms with Crippen molar-refractivity contribution in [2.75, 3.05) is 5.32 Å². The molecule has 0 bridgehead atoms. The molecule has 0 radical (unpaired) electrons. The smallest absolute Gasteiger partial charge is 0.255 e. The van der Waals surface area contributed by atoms with E-state index in [0.29, 0.717) is 5.56 Å². The molecule has 1 heterocycles. The Hall–Kier alpha value is -1.87. The van der Waals surface area contributed by atoms with Crippen molar-refractivity contribution in [2.45, 2.75) is 20.8 Å². The minimum Gasteiger partial charge on any atom is -0.322 e. The highest BCUT2D eigenvalue weighted by atomic mass is 35.5. The zero-order chi connectivity index (χ0) is 13.1. The van der Waals surface area contributed by atoms with E-state index in [1.165, 1.54) is 11.1 Å². The topological polar surface area (TPSA) is 42.0 Å². The summed E-state index contributed by atoms with van der Waals surface area (Å²) in [5, 5.41) is 2.93. The van der Waals surface area contributed by atoms with Gasteiger partial charge < -0.3 is 5.32 Å². The summed E-state index contributed by atoms with van der Waals surface area (Å²) in [6.07, 6.45) is 3.23. The summed E-state index contributed by atoms with van der Waals surface area (Å²) in [6, 6.07) is 7.48. The maximum atomic E-state index is 12.0. The standard InChI is InChI=1S/C15H16N2O.ClH/c1-10-8-12(3)14(9-11(10)2)17-15(18)13-4-6-16-7-5-13;/h4-9H,1-3H3,(H,17,18);1H. The quantitative estimate of drug-likeness (QED) is 0.909. The molecule has 100 valence electrons. The number of carbonyl (C=O) groups excluding carboxylic acids is 1. The van der Waals surface area contributed by atoms with Gasteiger partial charge in [0.2, 0.25) is 0 Å². The van der Waals surface area contributed by atoms with Crippen LogP contribution in [0.5, 0.6) is 0 Å². The minimum absolute atomic E-state index is 0. The van der Waals surface area contributed by atoms with Crippen molar-refractivity contribution < 1.29 is 4.79 Å². The zero-order valence-corrected chi connectivity index (χ0v) is 12.0. The van der Waals surface area contributed by atoms with E-state index in [-0.39, 0.29) is 18.3 Å². The third-order valence-corrected chi connectivity index (χ3v) is 3.03. The molecule has 2 aromatic rings. The highest BCUT2D eigenvalue weighted by Crippen LogP contribution is 2.20. The fraction of sp³-hybridized carbons (Fsp3) is 0.200. The molecule has 19 heavy (non-hydrogen) atoms. The molecular weight excluding hydrogens is 260 g/mol. The molecule has 1 amide bonds. The number of hydrogen-bond donors (Lipinski definition) is 1. The molecule has 0 unspecified atom stereocenters. The van der Waals surface area contributed by atoms with Gasteiger partial charge in [-0.2, -0.15) is 0 Å². The largest absolute Gasteiger partial charge is 0.322 e. The molecule has 0 saturated carbocycles. The Bertz CT molecular complexity index is 582. The first-order valence-corrected chi connectivity index (χ1v) is 5.87. The molecular formula is C15H17ClN2O. The SMILES string of the molecule is Cc1cc(C)c(NC(=O)c2ccncc2)cc1C.Cl. The van der Waals surface area contributed by atoms with E-state index < -0.39 is 0 Å². The molecule has 0 fully saturated rings. The van der Waals surface area contributed by atoms with Gasteiger partial charge in [0.25, 0.3) is 5.91 Å². The van der Waals surface area contributed by atoms with Gasteiger partial charge in [-0.1, -0.05) is 6.07 Å². The molecule has 1 aromatic heterocycles. The lowest BCUT2D eigenvalue weighted by Crippen LogP contribution is -2.13. The Morgan fingerprint density at radius 3 is 2.21 bits per heavy atom. The Morgan fingerprint density at radius 2 is 1.58 bits per heavy atom. The first kappa shape index (κ1) is 15.2. The Morgan fingerprint density at radius 1 is 1.00 bits per heavy atom. The van der Waals surface area contributed by atoms with Gasteiger partial charge in [0.15, 0.2) is 0 Å². The lowest BCUT2D eigenvalue weighted by Gasteiger charge is -2.11. The van der Waals surface area contributed by atoms with Crippen LogP contribution in [0.4, 0.5) is 5.69 Å². The number of pyridine rings is 1. The van der Waals surface area contributed by atoms with Crippen molar-refractivity contribution >= 4 is 24.0 Å². The average molecular weight is 277 g/mol. The van der Waals surface area contributed by atoms with E-state index in [9.17, 15) is 4.79 Å². The Balaban J connectivity index is 0.00000180. The number of benzene rings is 1. The molecule has 1 aromatic carbocycles. The van der Waals surface area contributed by atoms with Crippen molar-refractivity contribution in [2.24, 2.45) is 0 Å². The van der Waals surface area contributed by atoms with Crippen LogP contribution in [0.25, 0.3) is 0 Å². The first-order valence-electron chi connectivity index (χ1n) is 5.87. The number of nitrogens with one attached hydrogen (secondary N) is 1. The molecule has 0 atom stereocenters. The number of amides is 1. The van der Waals surface area contributed by atoms with Crippen LogP contribution in [-0.2, 0) is 0 Å². The molecule has 0 aliphatic heterocycles. The number of aryl methyl sites for hydroxylation is 3. The number of hydrogen-bond acceptors (Lipinski definition) is 2. The fourth-order valence-electron chi connectivity index (χ4n) is 1.79. The molecule has 0 aliphatic carbocycles. The van der Waals surface area contributed by atoms with Gasteiger partial charge in [-0.15, -0.1) is 12.4 Å². The predicted molar refractivity (Wildman–Crippen MR) is 80.1 cm³/mol. The number of aromatic nitrogens is 1. The lowest BCUT2D eigenvalue weighted by atomic mass is 10.0. The minimum atomic E-state index is -0.108. The third-order valence-electron chi connectivity index (χ3n) is 3.03. The summed E-state index contributed by atoms with van der Waals surface area (Å²) in [5.74, 6) is -0.108. The van der Waals surface area contributed by atoms with Crippen LogP contribution in [0.1, 0.15) is 27.0 Å². The van der Waals surface area contributed by atoms with Crippen LogP contribution in [0.15, 0.2) is 36.7 Å². The van der Waals surface area contributed by atoms with Crippen molar-refractivity contribution in [3.8, 4) is 0 Å². The number of carbonyl (C=O) groups is 1. The summed E-state index contributed by atoms with van der Waals surface area (Å²) >= 11 is 0. The molecule has 3 nitrogen and oxygen atoms in total. The second-order valence-electron chi connectivity index (χ2n) is 4.44. The summed E-state index contributed by atoms with van der Waals surface area (Å²) in [7, 11) is 0. The van der Waals surface area contributed by atoms with Gasteiger partial charge >= 0.3 is 0 Å². The van der Waals surface area contributed by atoms with Gasteiger partial charge in [-0.3, -0.25) is 9.78 Å². The number of nitrogens with zero attached hydrogens (tertiary/aromatic N) is 1. The average Bonchev–Trinajstić information content (AvgIpc) is 2.37. The second kappa shape index (κ2) is 6.34. The van der Waals surface area contributed by atoms with Crippen LogP contribution in [0.2, 0.25) is 0 Å². The van der Waals surface area contributed by atoms with E-state index in [4.69, 9.17) is 0 Å². The number of anilines is 1. The van der Waals surface area contributed by atoms with E-state index in [2.05, 4.69) is 23.3 Å². The molecule has 0 spiro atoms.